The molecule has 2 heterocycles. The van der Waals surface area contributed by atoms with Crippen molar-refractivity contribution in [1.29, 1.82) is 0 Å². The highest BCUT2D eigenvalue weighted by atomic mass is 127. The van der Waals surface area contributed by atoms with Gasteiger partial charge < -0.3 is 4.90 Å². The quantitative estimate of drug-likeness (QED) is 0.368. The van der Waals surface area contributed by atoms with Gasteiger partial charge in [0.2, 0.25) is 3.57 Å². The first-order valence-corrected chi connectivity index (χ1v) is 13.1. The summed E-state index contributed by atoms with van der Waals surface area (Å²) in [4.78, 5) is 36.7. The van der Waals surface area contributed by atoms with E-state index in [1.165, 1.54) is 14.9 Å². The average molecular weight is 572 g/mol. The van der Waals surface area contributed by atoms with Gasteiger partial charge in [-0.25, -0.2) is 14.8 Å². The molecule has 0 saturated carbocycles. The second-order valence-electron chi connectivity index (χ2n) is 7.61. The molecule has 0 spiro atoms. The minimum Gasteiger partial charge on any atom is -0.330 e. The minimum absolute atomic E-state index is 0.0727. The molecule has 0 fully saturated rings. The van der Waals surface area contributed by atoms with Crippen molar-refractivity contribution in [2.75, 3.05) is 31.4 Å². The van der Waals surface area contributed by atoms with Gasteiger partial charge in [0.15, 0.2) is 8.70 Å². The molecule has 4 rings (SSSR count). The molecular formula is C24H23IN5O2S+. The molecule has 3 amide bonds. The fourth-order valence-corrected chi connectivity index (χ4v) is 6.11. The third-order valence-electron chi connectivity index (χ3n) is 4.83. The number of nitrogens with one attached hydrogen (secondary N) is 1. The Balaban J connectivity index is 1.39. The Hall–Kier alpha value is -3.05. The lowest BCUT2D eigenvalue weighted by Gasteiger charge is -2.21. The number of hydrogen-bond acceptors (Lipinski definition) is 5. The van der Waals surface area contributed by atoms with Gasteiger partial charge in [-0.3, -0.25) is 15.0 Å². The van der Waals surface area contributed by atoms with Crippen LogP contribution >= 0.6 is 11.3 Å². The summed E-state index contributed by atoms with van der Waals surface area (Å²) in [5, 5.41) is 3.42. The second-order valence-corrected chi connectivity index (χ2v) is 11.7. The number of carbonyl (C=O) groups excluding carboxylic acids is 2. The van der Waals surface area contributed by atoms with Crippen molar-refractivity contribution >= 4 is 44.3 Å². The number of urea groups is 1. The zero-order chi connectivity index (χ0) is 23.5. The molecular weight excluding hydrogens is 549 g/mol. The second kappa shape index (κ2) is 9.84. The molecule has 0 bridgehead atoms. The van der Waals surface area contributed by atoms with Crippen molar-refractivity contribution in [2.45, 2.75) is 6.92 Å². The zero-order valence-corrected chi connectivity index (χ0v) is 21.6. The van der Waals surface area contributed by atoms with E-state index in [1.54, 1.807) is 43.2 Å². The number of rotatable bonds is 5. The summed E-state index contributed by atoms with van der Waals surface area (Å²) in [7, 11) is 5.22. The van der Waals surface area contributed by atoms with Gasteiger partial charge in [-0.05, 0) is 61.0 Å². The van der Waals surface area contributed by atoms with Gasteiger partial charge in [0, 0.05) is 26.8 Å². The van der Waals surface area contributed by atoms with Crippen LogP contribution in [-0.2, 0) is 0 Å². The van der Waals surface area contributed by atoms with Gasteiger partial charge >= 0.3 is 27.2 Å². The Morgan fingerprint density at radius 1 is 0.970 bits per heavy atom. The standard InChI is InChI=1S/C24H22IN5O2S/c1-15-5-11-19-21(13-15)33-23(27-19)28-22(31)20-12-8-17(14-26-20)25-16-6-9-18(10-7-16)30(4)24(32)29(2)3/h5-14H,1-4H3/p+1. The van der Waals surface area contributed by atoms with E-state index in [0.29, 0.717) is 10.8 Å². The minimum atomic E-state index is -0.450. The van der Waals surface area contributed by atoms with Crippen molar-refractivity contribution in [3.63, 3.8) is 0 Å². The van der Waals surface area contributed by atoms with Crippen LogP contribution in [0.25, 0.3) is 10.2 Å². The number of fused-ring (bicyclic) bond motifs is 1. The van der Waals surface area contributed by atoms with E-state index in [4.69, 9.17) is 0 Å². The van der Waals surface area contributed by atoms with Crippen LogP contribution in [0.15, 0.2) is 60.8 Å². The van der Waals surface area contributed by atoms with Gasteiger partial charge in [-0.2, -0.15) is 0 Å². The van der Waals surface area contributed by atoms with Crippen LogP contribution in [-0.4, -0.2) is 47.9 Å². The molecule has 7 nitrogen and oxygen atoms in total. The molecule has 4 aromatic rings. The Morgan fingerprint density at radius 3 is 2.36 bits per heavy atom. The molecule has 0 saturated heterocycles. The van der Waals surface area contributed by atoms with Crippen LogP contribution < -0.4 is 31.4 Å². The molecule has 0 aliphatic carbocycles. The molecule has 2 aromatic carbocycles. The Kier molecular flexibility index (Phi) is 6.89. The van der Waals surface area contributed by atoms with Crippen molar-refractivity contribution in [1.82, 2.24) is 14.9 Å². The van der Waals surface area contributed by atoms with Gasteiger partial charge in [0.25, 0.3) is 5.91 Å². The highest BCUT2D eigenvalue weighted by Gasteiger charge is 2.19. The van der Waals surface area contributed by atoms with E-state index >= 15 is 0 Å². The van der Waals surface area contributed by atoms with Crippen LogP contribution in [0.2, 0.25) is 0 Å². The number of carbonyl (C=O) groups is 2. The number of nitrogens with zero attached hydrogens (tertiary/aromatic N) is 4. The number of benzene rings is 2. The van der Waals surface area contributed by atoms with Crippen molar-refractivity contribution in [3.05, 3.63) is 79.2 Å². The Bertz CT molecular complexity index is 1300. The Labute approximate surface area is 206 Å². The van der Waals surface area contributed by atoms with Gasteiger partial charge in [-0.15, -0.1) is 0 Å². The van der Waals surface area contributed by atoms with Crippen molar-refractivity contribution in [3.8, 4) is 0 Å². The maximum absolute atomic E-state index is 12.6. The molecule has 0 radical (unpaired) electrons. The summed E-state index contributed by atoms with van der Waals surface area (Å²) in [5.74, 6) is -0.270. The summed E-state index contributed by atoms with van der Waals surface area (Å²) in [6.45, 7) is 2.03. The molecule has 0 aliphatic heterocycles. The highest BCUT2D eigenvalue weighted by Crippen LogP contribution is 2.26. The Morgan fingerprint density at radius 2 is 1.70 bits per heavy atom. The van der Waals surface area contributed by atoms with E-state index in [2.05, 4.69) is 21.4 Å². The molecule has 33 heavy (non-hydrogen) atoms. The van der Waals surface area contributed by atoms with Gasteiger partial charge in [-0.1, -0.05) is 17.4 Å². The number of thiazole rings is 1. The normalized spacial score (nSPS) is 10.8. The average Bonchev–Trinajstić information content (AvgIpc) is 3.20. The highest BCUT2D eigenvalue weighted by molar-refractivity contribution is 7.22. The van der Waals surface area contributed by atoms with E-state index in [-0.39, 0.29) is 11.9 Å². The molecule has 0 aliphatic rings. The zero-order valence-electron chi connectivity index (χ0n) is 18.7. The predicted octanol–water partition coefficient (Wildman–Crippen LogP) is 1.50. The fraction of sp³-hybridized carbons (Fsp3) is 0.167. The molecule has 1 N–H and O–H groups in total. The van der Waals surface area contributed by atoms with Crippen LogP contribution in [0, 0.1) is 14.1 Å². The lowest BCUT2D eigenvalue weighted by Crippen LogP contribution is -3.61. The molecule has 168 valence electrons. The maximum Gasteiger partial charge on any atom is 0.359 e. The van der Waals surface area contributed by atoms with E-state index in [1.807, 2.05) is 49.4 Å². The van der Waals surface area contributed by atoms with E-state index in [9.17, 15) is 9.59 Å². The fourth-order valence-electron chi connectivity index (χ4n) is 3.08. The molecule has 0 atom stereocenters. The van der Waals surface area contributed by atoms with Crippen LogP contribution in [0.5, 0.6) is 0 Å². The number of aryl methyl sites for hydroxylation is 1. The number of halogens is 1. The predicted molar refractivity (Wildman–Crippen MR) is 128 cm³/mol. The summed E-state index contributed by atoms with van der Waals surface area (Å²) in [5.41, 5.74) is 3.24. The van der Waals surface area contributed by atoms with Gasteiger partial charge in [0.05, 0.1) is 16.4 Å². The summed E-state index contributed by atoms with van der Waals surface area (Å²) < 4.78 is 3.35. The third-order valence-corrected chi connectivity index (χ3v) is 8.36. The van der Waals surface area contributed by atoms with Crippen LogP contribution in [0.1, 0.15) is 16.1 Å². The molecule has 9 heteroatoms. The number of pyridine rings is 1. The monoisotopic (exact) mass is 572 g/mol. The molecule has 0 unspecified atom stereocenters. The summed E-state index contributed by atoms with van der Waals surface area (Å²) in [6.07, 6.45) is 1.76. The number of hydrogen-bond donors (Lipinski definition) is 1. The number of anilines is 2. The first-order valence-electron chi connectivity index (χ1n) is 10.1. The van der Waals surface area contributed by atoms with Crippen LogP contribution in [0.3, 0.4) is 0 Å². The van der Waals surface area contributed by atoms with Crippen molar-refractivity contribution < 1.29 is 30.8 Å². The summed E-state index contributed by atoms with van der Waals surface area (Å²) >= 11 is 1.00. The lowest BCUT2D eigenvalue weighted by atomic mass is 10.2. The maximum atomic E-state index is 12.6. The lowest BCUT2D eigenvalue weighted by molar-refractivity contribution is -0.597. The van der Waals surface area contributed by atoms with E-state index < -0.39 is 21.2 Å². The largest absolute Gasteiger partial charge is 0.359 e. The smallest absolute Gasteiger partial charge is 0.330 e. The van der Waals surface area contributed by atoms with Crippen molar-refractivity contribution in [2.24, 2.45) is 0 Å². The summed E-state index contributed by atoms with van der Waals surface area (Å²) in [6, 6.07) is 17.6. The first-order chi connectivity index (χ1) is 15.8. The van der Waals surface area contributed by atoms with Crippen LogP contribution in [0.4, 0.5) is 15.6 Å². The van der Waals surface area contributed by atoms with Gasteiger partial charge in [0.1, 0.15) is 5.69 Å². The number of amides is 3. The molecule has 2 aromatic heterocycles. The number of aromatic nitrogens is 2. The first kappa shape index (κ1) is 23.1. The van der Waals surface area contributed by atoms with E-state index in [0.717, 1.165) is 25.0 Å². The third kappa shape index (κ3) is 5.48. The topological polar surface area (TPSA) is 78.4 Å². The SMILES string of the molecule is Cc1ccc2nc(NC(=O)c3ccc([I+]c4ccc(N(C)C(=O)N(C)C)cc4)cn3)sc2c1.